The van der Waals surface area contributed by atoms with Gasteiger partial charge in [-0.1, -0.05) is 25.0 Å². The minimum Gasteiger partial charge on any atom is -0.349 e. The van der Waals surface area contributed by atoms with Gasteiger partial charge in [-0.05, 0) is 31.4 Å². The predicted molar refractivity (Wildman–Crippen MR) is 103 cm³/mol. The molecule has 1 fully saturated rings. The minimum atomic E-state index is -3.51. The molecule has 1 saturated carbocycles. The molecule has 0 radical (unpaired) electrons. The van der Waals surface area contributed by atoms with Crippen molar-refractivity contribution >= 4 is 34.2 Å². The average Bonchev–Trinajstić information content (AvgIpc) is 3.16. The zero-order valence-electron chi connectivity index (χ0n) is 14.5. The second-order valence-corrected chi connectivity index (χ2v) is 8.33. The van der Waals surface area contributed by atoms with Gasteiger partial charge in [-0.25, -0.2) is 8.42 Å². The number of carbonyl (C=O) groups is 1. The van der Waals surface area contributed by atoms with Gasteiger partial charge in [0.2, 0.25) is 5.91 Å². The number of carbonyl (C=O) groups excluding carboxylic acids is 1. The van der Waals surface area contributed by atoms with Crippen LogP contribution in [0.2, 0.25) is 0 Å². The second-order valence-electron chi connectivity index (χ2n) is 6.68. The summed E-state index contributed by atoms with van der Waals surface area (Å²) in [5.74, 6) is 0.338. The van der Waals surface area contributed by atoms with Crippen molar-refractivity contribution in [3.63, 3.8) is 0 Å². The summed E-state index contributed by atoms with van der Waals surface area (Å²) < 4.78 is 26.5. The largest absolute Gasteiger partial charge is 0.349 e. The van der Waals surface area contributed by atoms with E-state index in [4.69, 9.17) is 5.73 Å². The van der Waals surface area contributed by atoms with Crippen LogP contribution >= 0.6 is 12.4 Å². The number of aliphatic imine (C=N–C) groups is 1. The summed E-state index contributed by atoms with van der Waals surface area (Å²) in [6.45, 7) is 0.856. The van der Waals surface area contributed by atoms with Crippen LogP contribution < -0.4 is 15.8 Å². The highest BCUT2D eigenvalue weighted by Gasteiger charge is 2.33. The number of fused-ring (bicyclic) bond motifs is 1. The lowest BCUT2D eigenvalue weighted by molar-refractivity contribution is -0.123. The molecule has 1 heterocycles. The molecule has 9 heteroatoms. The molecule has 0 bridgehead atoms. The highest BCUT2D eigenvalue weighted by molar-refractivity contribution is 7.90. The lowest BCUT2D eigenvalue weighted by atomic mass is 9.97. The molecule has 0 aromatic heterocycles. The molecule has 0 saturated heterocycles. The third-order valence-corrected chi connectivity index (χ3v) is 6.25. The number of hydrogen-bond acceptors (Lipinski definition) is 5. The third kappa shape index (κ3) is 4.36. The summed E-state index contributed by atoms with van der Waals surface area (Å²) in [7, 11) is -3.51. The molecule has 0 atom stereocenters. The van der Waals surface area contributed by atoms with Gasteiger partial charge in [0.25, 0.3) is 10.0 Å². The van der Waals surface area contributed by atoms with Gasteiger partial charge in [0.05, 0.1) is 10.4 Å². The lowest BCUT2D eigenvalue weighted by Crippen LogP contribution is -2.51. The average molecular weight is 401 g/mol. The first-order chi connectivity index (χ1) is 12.0. The van der Waals surface area contributed by atoms with Crippen molar-refractivity contribution in [2.75, 3.05) is 13.1 Å². The van der Waals surface area contributed by atoms with Crippen molar-refractivity contribution in [2.24, 2.45) is 10.7 Å². The first-order valence-electron chi connectivity index (χ1n) is 8.64. The van der Waals surface area contributed by atoms with E-state index in [-0.39, 0.29) is 28.7 Å². The van der Waals surface area contributed by atoms with Crippen LogP contribution in [-0.4, -0.2) is 38.8 Å². The fourth-order valence-electron chi connectivity index (χ4n) is 3.47. The Kier molecular flexibility index (Phi) is 6.65. The number of benzene rings is 1. The van der Waals surface area contributed by atoms with Crippen molar-refractivity contribution in [3.8, 4) is 0 Å². The first-order valence-corrected chi connectivity index (χ1v) is 10.1. The van der Waals surface area contributed by atoms with E-state index in [0.29, 0.717) is 37.3 Å². The smallest absolute Gasteiger partial charge is 0.263 e. The normalized spacial score (nSPS) is 20.9. The lowest BCUT2D eigenvalue weighted by Gasteiger charge is -2.28. The van der Waals surface area contributed by atoms with Crippen molar-refractivity contribution in [2.45, 2.75) is 49.0 Å². The van der Waals surface area contributed by atoms with Gasteiger partial charge in [0, 0.05) is 25.1 Å². The molecule has 1 amide bonds. The molecule has 0 unspecified atom stereocenters. The molecule has 144 valence electrons. The standard InChI is InChI=1S/C17H24N4O3S.ClH/c18-12-17(9-3-4-10-17)20-15(22)8-5-11-19-16-13-6-1-2-7-14(13)25(23,24)21-16;/h1-2,6-7H,3-5,8-12,18H2,(H,19,21)(H,20,22);1H. The number of sulfonamides is 1. The van der Waals surface area contributed by atoms with Crippen molar-refractivity contribution < 1.29 is 13.2 Å². The van der Waals surface area contributed by atoms with Gasteiger partial charge in [-0.2, -0.15) is 0 Å². The van der Waals surface area contributed by atoms with Crippen LogP contribution in [0.4, 0.5) is 0 Å². The monoisotopic (exact) mass is 400 g/mol. The maximum atomic E-state index is 12.1. The fourth-order valence-corrected chi connectivity index (χ4v) is 4.72. The molecule has 1 aliphatic heterocycles. The number of nitrogens with two attached hydrogens (primary N) is 1. The quantitative estimate of drug-likeness (QED) is 0.624. The Morgan fingerprint density at radius 3 is 2.65 bits per heavy atom. The molecule has 3 rings (SSSR count). The molecular formula is C17H25ClN4O3S. The third-order valence-electron chi connectivity index (χ3n) is 4.85. The maximum Gasteiger partial charge on any atom is 0.263 e. The molecule has 4 N–H and O–H groups in total. The molecule has 7 nitrogen and oxygen atoms in total. The van der Waals surface area contributed by atoms with Gasteiger partial charge in [0.15, 0.2) is 0 Å². The van der Waals surface area contributed by atoms with E-state index in [1.54, 1.807) is 24.3 Å². The van der Waals surface area contributed by atoms with Crippen LogP contribution in [0, 0.1) is 0 Å². The minimum absolute atomic E-state index is 0. The van der Waals surface area contributed by atoms with Gasteiger partial charge >= 0.3 is 0 Å². The van der Waals surface area contributed by atoms with Gasteiger partial charge in [-0.15, -0.1) is 12.4 Å². The predicted octanol–water partition coefficient (Wildman–Crippen LogP) is 1.31. The van der Waals surface area contributed by atoms with E-state index in [0.717, 1.165) is 25.7 Å². The number of amides is 1. The highest BCUT2D eigenvalue weighted by Crippen LogP contribution is 2.28. The van der Waals surface area contributed by atoms with E-state index in [2.05, 4.69) is 15.0 Å². The summed E-state index contributed by atoms with van der Waals surface area (Å²) in [5, 5.41) is 3.08. The van der Waals surface area contributed by atoms with Crippen molar-refractivity contribution in [1.82, 2.24) is 10.0 Å². The van der Waals surface area contributed by atoms with Crippen molar-refractivity contribution in [1.29, 1.82) is 0 Å². The summed E-state index contributed by atoms with van der Waals surface area (Å²) in [4.78, 5) is 16.7. The SMILES string of the molecule is Cl.NCC1(NC(=O)CCCN=C2NS(=O)(=O)c3ccccc32)CCCC1. The number of rotatable bonds is 6. The summed E-state index contributed by atoms with van der Waals surface area (Å²) in [6.07, 6.45) is 4.99. The van der Waals surface area contributed by atoms with Gasteiger partial charge in [-0.3, -0.25) is 14.5 Å². The summed E-state index contributed by atoms with van der Waals surface area (Å²) in [6, 6.07) is 6.74. The molecule has 1 aromatic carbocycles. The Hall–Kier alpha value is -1.64. The fraction of sp³-hybridized carbons (Fsp3) is 0.529. The van der Waals surface area contributed by atoms with E-state index < -0.39 is 10.0 Å². The molecule has 1 aromatic rings. The first kappa shape index (κ1) is 20.7. The van der Waals surface area contributed by atoms with E-state index >= 15 is 0 Å². The molecular weight excluding hydrogens is 376 g/mol. The maximum absolute atomic E-state index is 12.1. The van der Waals surface area contributed by atoms with Crippen LogP contribution in [0.1, 0.15) is 44.1 Å². The van der Waals surface area contributed by atoms with Crippen LogP contribution in [0.25, 0.3) is 0 Å². The highest BCUT2D eigenvalue weighted by atomic mass is 35.5. The Balaban J connectivity index is 0.00000243. The van der Waals surface area contributed by atoms with Crippen LogP contribution in [0.3, 0.4) is 0 Å². The summed E-state index contributed by atoms with van der Waals surface area (Å²) >= 11 is 0. The number of halogens is 1. The number of hydrogen-bond donors (Lipinski definition) is 3. The Morgan fingerprint density at radius 2 is 1.96 bits per heavy atom. The second kappa shape index (κ2) is 8.37. The zero-order valence-corrected chi connectivity index (χ0v) is 16.2. The Labute approximate surface area is 160 Å². The van der Waals surface area contributed by atoms with Crippen molar-refractivity contribution in [3.05, 3.63) is 29.8 Å². The van der Waals surface area contributed by atoms with Crippen LogP contribution in [0.5, 0.6) is 0 Å². The topological polar surface area (TPSA) is 114 Å². The number of nitrogens with zero attached hydrogens (tertiary/aromatic N) is 1. The molecule has 26 heavy (non-hydrogen) atoms. The summed E-state index contributed by atoms with van der Waals surface area (Å²) in [5.41, 5.74) is 6.17. The van der Waals surface area contributed by atoms with E-state index in [1.165, 1.54) is 0 Å². The molecule has 0 spiro atoms. The zero-order chi connectivity index (χ0) is 17.9. The molecule has 1 aliphatic carbocycles. The molecule has 2 aliphatic rings. The Bertz CT molecular complexity index is 789. The number of nitrogens with one attached hydrogen (secondary N) is 2. The van der Waals surface area contributed by atoms with E-state index in [9.17, 15) is 13.2 Å². The van der Waals surface area contributed by atoms with Gasteiger partial charge in [0.1, 0.15) is 5.84 Å². The van der Waals surface area contributed by atoms with Crippen LogP contribution in [-0.2, 0) is 14.8 Å². The van der Waals surface area contributed by atoms with Crippen LogP contribution in [0.15, 0.2) is 34.2 Å². The van der Waals surface area contributed by atoms with E-state index in [1.807, 2.05) is 0 Å². The van der Waals surface area contributed by atoms with Gasteiger partial charge < -0.3 is 11.1 Å². The number of amidine groups is 1. The Morgan fingerprint density at radius 1 is 1.27 bits per heavy atom.